The molecule has 2 aromatic rings. The number of nitrogens with two attached hydrogens (primary N) is 1. The van der Waals surface area contributed by atoms with Crippen LogP contribution in [0.2, 0.25) is 5.02 Å². The van der Waals surface area contributed by atoms with Crippen LogP contribution in [0.1, 0.15) is 24.7 Å². The van der Waals surface area contributed by atoms with E-state index in [4.69, 9.17) is 17.4 Å². The zero-order valence-corrected chi connectivity index (χ0v) is 12.3. The van der Waals surface area contributed by atoms with Gasteiger partial charge in [-0.25, -0.2) is 15.8 Å². The minimum atomic E-state index is 0.639. The molecular formula is C14H18ClN5. The molecule has 0 atom stereocenters. The predicted molar refractivity (Wildman–Crippen MR) is 83.3 cm³/mol. The number of rotatable bonds is 5. The summed E-state index contributed by atoms with van der Waals surface area (Å²) < 4.78 is 0. The van der Waals surface area contributed by atoms with Gasteiger partial charge in [0.2, 0.25) is 0 Å². The number of hydrogen-bond acceptors (Lipinski definition) is 5. The van der Waals surface area contributed by atoms with Crippen LogP contribution in [-0.4, -0.2) is 9.97 Å². The minimum absolute atomic E-state index is 0.639. The maximum absolute atomic E-state index is 5.88. The van der Waals surface area contributed by atoms with E-state index in [0.717, 1.165) is 35.7 Å². The third kappa shape index (κ3) is 3.37. The number of hydrogen-bond donors (Lipinski definition) is 3. The van der Waals surface area contributed by atoms with Crippen LogP contribution in [0.25, 0.3) is 0 Å². The molecule has 0 aliphatic carbocycles. The van der Waals surface area contributed by atoms with Gasteiger partial charge in [-0.05, 0) is 37.6 Å². The van der Waals surface area contributed by atoms with Crippen molar-refractivity contribution in [3.05, 3.63) is 40.7 Å². The Balaban J connectivity index is 2.33. The van der Waals surface area contributed by atoms with Crippen LogP contribution in [0.3, 0.4) is 0 Å². The first-order valence-electron chi connectivity index (χ1n) is 6.50. The second kappa shape index (κ2) is 6.54. The fraction of sp³-hybridized carbons (Fsp3) is 0.286. The fourth-order valence-electron chi connectivity index (χ4n) is 1.83. The zero-order valence-electron chi connectivity index (χ0n) is 11.6. The number of hydrazine groups is 1. The summed E-state index contributed by atoms with van der Waals surface area (Å²) in [6, 6.07) is 7.46. The van der Waals surface area contributed by atoms with Gasteiger partial charge in [-0.15, -0.1) is 0 Å². The van der Waals surface area contributed by atoms with E-state index in [0.29, 0.717) is 10.8 Å². The third-order valence-electron chi connectivity index (χ3n) is 2.91. The fourth-order valence-corrected chi connectivity index (χ4v) is 1.96. The van der Waals surface area contributed by atoms with Crippen molar-refractivity contribution in [2.24, 2.45) is 5.84 Å². The zero-order chi connectivity index (χ0) is 14.5. The van der Waals surface area contributed by atoms with Crippen molar-refractivity contribution >= 4 is 28.9 Å². The summed E-state index contributed by atoms with van der Waals surface area (Å²) in [6.45, 7) is 4.01. The Morgan fingerprint density at radius 1 is 1.15 bits per heavy atom. The van der Waals surface area contributed by atoms with E-state index in [-0.39, 0.29) is 0 Å². The number of benzene rings is 1. The number of aryl methyl sites for hydroxylation is 1. The highest BCUT2D eigenvalue weighted by atomic mass is 35.5. The van der Waals surface area contributed by atoms with Crippen molar-refractivity contribution in [2.75, 3.05) is 10.7 Å². The number of aromatic nitrogens is 2. The molecule has 0 amide bonds. The number of halogens is 1. The molecule has 1 heterocycles. The Kier molecular flexibility index (Phi) is 4.76. The molecular weight excluding hydrogens is 274 g/mol. The molecule has 4 N–H and O–H groups in total. The van der Waals surface area contributed by atoms with E-state index in [1.807, 2.05) is 31.2 Å². The summed E-state index contributed by atoms with van der Waals surface area (Å²) in [5.74, 6) is 7.67. The number of nitrogens with one attached hydrogen (secondary N) is 2. The Bertz CT molecular complexity index is 583. The first-order valence-corrected chi connectivity index (χ1v) is 6.88. The van der Waals surface area contributed by atoms with Crippen molar-refractivity contribution in [1.82, 2.24) is 9.97 Å². The van der Waals surface area contributed by atoms with Crippen molar-refractivity contribution in [2.45, 2.75) is 26.7 Å². The molecule has 0 saturated heterocycles. The monoisotopic (exact) mass is 291 g/mol. The van der Waals surface area contributed by atoms with Gasteiger partial charge in [-0.1, -0.05) is 18.5 Å². The van der Waals surface area contributed by atoms with Crippen molar-refractivity contribution in [3.63, 3.8) is 0 Å². The standard InChI is InChI=1S/C14H18ClN5/c1-3-4-12-18-13(9(2)14(19-12)20-16)17-11-7-5-10(15)6-8-11/h5-8H,3-4,16H2,1-2H3,(H2,17,18,19,20). The van der Waals surface area contributed by atoms with Crippen LogP contribution in [-0.2, 0) is 6.42 Å². The summed E-state index contributed by atoms with van der Waals surface area (Å²) in [5, 5.41) is 3.97. The Morgan fingerprint density at radius 3 is 2.40 bits per heavy atom. The van der Waals surface area contributed by atoms with E-state index in [1.165, 1.54) is 0 Å². The summed E-state index contributed by atoms with van der Waals surface area (Å²) >= 11 is 5.88. The van der Waals surface area contributed by atoms with E-state index in [1.54, 1.807) is 0 Å². The van der Waals surface area contributed by atoms with Gasteiger partial charge in [0.1, 0.15) is 17.5 Å². The molecule has 0 spiro atoms. The highest BCUT2D eigenvalue weighted by Gasteiger charge is 2.10. The molecule has 106 valence electrons. The van der Waals surface area contributed by atoms with Crippen LogP contribution in [0.4, 0.5) is 17.3 Å². The average molecular weight is 292 g/mol. The molecule has 0 saturated carbocycles. The maximum Gasteiger partial charge on any atom is 0.148 e. The maximum atomic E-state index is 5.88. The largest absolute Gasteiger partial charge is 0.340 e. The molecule has 0 unspecified atom stereocenters. The lowest BCUT2D eigenvalue weighted by molar-refractivity contribution is 0.833. The summed E-state index contributed by atoms with van der Waals surface area (Å²) in [6.07, 6.45) is 1.79. The Morgan fingerprint density at radius 2 is 1.80 bits per heavy atom. The quantitative estimate of drug-likeness (QED) is 0.581. The SMILES string of the molecule is CCCc1nc(NN)c(C)c(Nc2ccc(Cl)cc2)n1. The Hall–Kier alpha value is -1.85. The minimum Gasteiger partial charge on any atom is -0.340 e. The lowest BCUT2D eigenvalue weighted by atomic mass is 10.2. The molecule has 0 bridgehead atoms. The smallest absolute Gasteiger partial charge is 0.148 e. The van der Waals surface area contributed by atoms with E-state index in [2.05, 4.69) is 27.6 Å². The molecule has 0 radical (unpaired) electrons. The molecule has 0 aliphatic heterocycles. The van der Waals surface area contributed by atoms with Gasteiger partial charge in [0.15, 0.2) is 0 Å². The summed E-state index contributed by atoms with van der Waals surface area (Å²) in [4.78, 5) is 8.93. The van der Waals surface area contributed by atoms with Gasteiger partial charge in [0.25, 0.3) is 0 Å². The first-order chi connectivity index (χ1) is 9.63. The van der Waals surface area contributed by atoms with Crippen molar-refractivity contribution in [3.8, 4) is 0 Å². The van der Waals surface area contributed by atoms with Crippen molar-refractivity contribution in [1.29, 1.82) is 0 Å². The molecule has 1 aromatic carbocycles. The van der Waals surface area contributed by atoms with Crippen LogP contribution >= 0.6 is 11.6 Å². The van der Waals surface area contributed by atoms with Crippen LogP contribution in [0.15, 0.2) is 24.3 Å². The van der Waals surface area contributed by atoms with Crippen molar-refractivity contribution < 1.29 is 0 Å². The number of nitrogen functional groups attached to an aromatic ring is 1. The summed E-state index contributed by atoms with van der Waals surface area (Å²) in [7, 11) is 0. The number of nitrogens with zero attached hydrogens (tertiary/aromatic N) is 2. The molecule has 20 heavy (non-hydrogen) atoms. The topological polar surface area (TPSA) is 75.9 Å². The third-order valence-corrected chi connectivity index (χ3v) is 3.16. The Labute approximate surface area is 123 Å². The lowest BCUT2D eigenvalue weighted by Crippen LogP contribution is -2.14. The first kappa shape index (κ1) is 14.6. The van der Waals surface area contributed by atoms with Crippen LogP contribution in [0.5, 0.6) is 0 Å². The molecule has 6 heteroatoms. The van der Waals surface area contributed by atoms with Gasteiger partial charge < -0.3 is 10.7 Å². The predicted octanol–water partition coefficient (Wildman–Crippen LogP) is 3.42. The van der Waals surface area contributed by atoms with E-state index >= 15 is 0 Å². The summed E-state index contributed by atoms with van der Waals surface area (Å²) in [5.41, 5.74) is 4.41. The van der Waals surface area contributed by atoms with Gasteiger partial charge in [-0.2, -0.15) is 0 Å². The van der Waals surface area contributed by atoms with Crippen LogP contribution < -0.4 is 16.6 Å². The van der Waals surface area contributed by atoms with Gasteiger partial charge >= 0.3 is 0 Å². The molecule has 5 nitrogen and oxygen atoms in total. The molecule has 1 aromatic heterocycles. The van der Waals surface area contributed by atoms with Gasteiger partial charge in [-0.3, -0.25) is 0 Å². The second-order valence-electron chi connectivity index (χ2n) is 4.49. The number of anilines is 3. The highest BCUT2D eigenvalue weighted by Crippen LogP contribution is 2.24. The van der Waals surface area contributed by atoms with E-state index in [9.17, 15) is 0 Å². The van der Waals surface area contributed by atoms with Gasteiger partial charge in [0, 0.05) is 22.7 Å². The normalized spacial score (nSPS) is 10.4. The second-order valence-corrected chi connectivity index (χ2v) is 4.92. The average Bonchev–Trinajstić information content (AvgIpc) is 2.45. The van der Waals surface area contributed by atoms with E-state index < -0.39 is 0 Å². The molecule has 0 fully saturated rings. The molecule has 2 rings (SSSR count). The van der Waals surface area contributed by atoms with Gasteiger partial charge in [0.05, 0.1) is 0 Å². The highest BCUT2D eigenvalue weighted by molar-refractivity contribution is 6.30. The molecule has 0 aliphatic rings. The van der Waals surface area contributed by atoms with Crippen LogP contribution in [0, 0.1) is 6.92 Å². The lowest BCUT2D eigenvalue weighted by Gasteiger charge is -2.13.